The fourth-order valence-corrected chi connectivity index (χ4v) is 3.80. The molecule has 0 spiro atoms. The molecule has 2 fully saturated rings. The maximum Gasteiger partial charge on any atom is 0.241 e. The third-order valence-corrected chi connectivity index (χ3v) is 5.79. The van der Waals surface area contributed by atoms with Gasteiger partial charge in [0, 0.05) is 43.5 Å². The van der Waals surface area contributed by atoms with Crippen LogP contribution in [0.1, 0.15) is 40.0 Å². The average molecular weight is 358 g/mol. The number of carbonyl (C=O) groups is 2. The number of anilines is 2. The second kappa shape index (κ2) is 7.37. The number of nitrogens with two attached hydrogens (primary N) is 1. The van der Waals surface area contributed by atoms with E-state index < -0.39 is 0 Å². The van der Waals surface area contributed by atoms with E-state index in [1.165, 1.54) is 0 Å². The van der Waals surface area contributed by atoms with Crippen LogP contribution >= 0.6 is 0 Å². The summed E-state index contributed by atoms with van der Waals surface area (Å²) < 4.78 is 0. The zero-order chi connectivity index (χ0) is 18.9. The fraction of sp³-hybridized carbons (Fsp3) is 0.600. The Morgan fingerprint density at radius 1 is 1.27 bits per heavy atom. The van der Waals surface area contributed by atoms with Crippen molar-refractivity contribution in [3.8, 4) is 0 Å². The molecule has 2 heterocycles. The molecule has 26 heavy (non-hydrogen) atoms. The summed E-state index contributed by atoms with van der Waals surface area (Å²) in [4.78, 5) is 28.5. The van der Waals surface area contributed by atoms with E-state index in [1.54, 1.807) is 4.90 Å². The molecular formula is C20H30N4O2. The molecule has 142 valence electrons. The lowest BCUT2D eigenvalue weighted by Gasteiger charge is -2.44. The summed E-state index contributed by atoms with van der Waals surface area (Å²) in [7, 11) is 0. The summed E-state index contributed by atoms with van der Waals surface area (Å²) >= 11 is 0. The van der Waals surface area contributed by atoms with E-state index in [0.717, 1.165) is 43.9 Å². The minimum Gasteiger partial charge on any atom is -0.327 e. The molecular weight excluding hydrogens is 328 g/mol. The minimum absolute atomic E-state index is 0.0106. The number of nitrogens with one attached hydrogen (secondary N) is 1. The highest BCUT2D eigenvalue weighted by molar-refractivity contribution is 5.97. The van der Waals surface area contributed by atoms with Crippen molar-refractivity contribution in [2.45, 2.75) is 52.1 Å². The van der Waals surface area contributed by atoms with Gasteiger partial charge in [0.2, 0.25) is 11.8 Å². The number of piperidine rings is 1. The molecule has 1 aromatic carbocycles. The van der Waals surface area contributed by atoms with E-state index >= 15 is 0 Å². The van der Waals surface area contributed by atoms with Crippen LogP contribution in [-0.2, 0) is 9.59 Å². The van der Waals surface area contributed by atoms with Gasteiger partial charge < -0.3 is 16.0 Å². The number of hydrogen-bond donors (Lipinski definition) is 2. The molecule has 0 aliphatic carbocycles. The van der Waals surface area contributed by atoms with Crippen LogP contribution in [0.4, 0.5) is 11.4 Å². The van der Waals surface area contributed by atoms with Crippen molar-refractivity contribution < 1.29 is 9.59 Å². The molecule has 2 unspecified atom stereocenters. The molecule has 0 aromatic heterocycles. The van der Waals surface area contributed by atoms with E-state index in [4.69, 9.17) is 5.73 Å². The van der Waals surface area contributed by atoms with Crippen LogP contribution in [0.25, 0.3) is 0 Å². The lowest BCUT2D eigenvalue weighted by atomic mass is 9.79. The standard InChI is InChI=1S/C20H30N4O2/c1-14(23-12-10-17(21)20(2,3)13-23)19(26)22-15-6-8-16(9-7-15)24-11-4-5-18(24)25/h6-9,14,17H,4-5,10-13,21H2,1-3H3,(H,22,26). The van der Waals surface area contributed by atoms with Gasteiger partial charge >= 0.3 is 0 Å². The largest absolute Gasteiger partial charge is 0.327 e. The van der Waals surface area contributed by atoms with E-state index in [0.29, 0.717) is 6.42 Å². The number of hydrogen-bond acceptors (Lipinski definition) is 4. The molecule has 2 amide bonds. The summed E-state index contributed by atoms with van der Waals surface area (Å²) in [6.45, 7) is 8.70. The number of rotatable bonds is 4. The number of benzene rings is 1. The van der Waals surface area contributed by atoms with Crippen LogP contribution in [0.5, 0.6) is 0 Å². The van der Waals surface area contributed by atoms with Gasteiger partial charge in [-0.05, 0) is 49.4 Å². The first-order valence-electron chi connectivity index (χ1n) is 9.49. The highest BCUT2D eigenvalue weighted by atomic mass is 16.2. The van der Waals surface area contributed by atoms with Crippen LogP contribution in [0.3, 0.4) is 0 Å². The van der Waals surface area contributed by atoms with Gasteiger partial charge in [0.1, 0.15) is 0 Å². The van der Waals surface area contributed by atoms with Crippen LogP contribution in [-0.4, -0.2) is 48.4 Å². The second-order valence-corrected chi connectivity index (χ2v) is 8.22. The van der Waals surface area contributed by atoms with E-state index in [1.807, 2.05) is 31.2 Å². The SMILES string of the molecule is CC(C(=O)Nc1ccc(N2CCCC2=O)cc1)N1CCC(N)C(C)(C)C1. The zero-order valence-corrected chi connectivity index (χ0v) is 16.0. The molecule has 6 nitrogen and oxygen atoms in total. The Labute approximate surface area is 155 Å². The van der Waals surface area contributed by atoms with Gasteiger partial charge in [-0.1, -0.05) is 13.8 Å². The first-order chi connectivity index (χ1) is 12.3. The molecule has 0 radical (unpaired) electrons. The molecule has 2 atom stereocenters. The smallest absolute Gasteiger partial charge is 0.241 e. The highest BCUT2D eigenvalue weighted by Gasteiger charge is 2.36. The van der Waals surface area contributed by atoms with Gasteiger partial charge in [-0.25, -0.2) is 0 Å². The summed E-state index contributed by atoms with van der Waals surface area (Å²) in [6, 6.07) is 7.49. The number of amides is 2. The Balaban J connectivity index is 1.60. The van der Waals surface area contributed by atoms with Crippen molar-refractivity contribution in [2.75, 3.05) is 29.9 Å². The highest BCUT2D eigenvalue weighted by Crippen LogP contribution is 2.29. The van der Waals surface area contributed by atoms with Crippen molar-refractivity contribution >= 4 is 23.2 Å². The fourth-order valence-electron chi connectivity index (χ4n) is 3.80. The van der Waals surface area contributed by atoms with Crippen LogP contribution < -0.4 is 16.0 Å². The first-order valence-corrected chi connectivity index (χ1v) is 9.49. The van der Waals surface area contributed by atoms with Crippen molar-refractivity contribution in [3.05, 3.63) is 24.3 Å². The van der Waals surface area contributed by atoms with Crippen LogP contribution in [0.2, 0.25) is 0 Å². The first kappa shape index (κ1) is 18.9. The lowest BCUT2D eigenvalue weighted by molar-refractivity contribution is -0.122. The number of likely N-dealkylation sites (tertiary alicyclic amines) is 1. The molecule has 1 aromatic rings. The van der Waals surface area contributed by atoms with Gasteiger partial charge in [-0.2, -0.15) is 0 Å². The lowest BCUT2D eigenvalue weighted by Crippen LogP contribution is -2.56. The number of nitrogens with zero attached hydrogens (tertiary/aromatic N) is 2. The van der Waals surface area contributed by atoms with E-state index in [-0.39, 0.29) is 29.3 Å². The molecule has 6 heteroatoms. The molecule has 0 saturated carbocycles. The average Bonchev–Trinajstić information content (AvgIpc) is 3.03. The van der Waals surface area contributed by atoms with E-state index in [2.05, 4.69) is 24.1 Å². The minimum atomic E-state index is -0.207. The molecule has 3 N–H and O–H groups in total. The summed E-state index contributed by atoms with van der Waals surface area (Å²) in [5.74, 6) is 0.155. The second-order valence-electron chi connectivity index (χ2n) is 8.22. The summed E-state index contributed by atoms with van der Waals surface area (Å²) in [5, 5.41) is 2.99. The molecule has 3 rings (SSSR count). The topological polar surface area (TPSA) is 78.7 Å². The third-order valence-electron chi connectivity index (χ3n) is 5.79. The van der Waals surface area contributed by atoms with Gasteiger partial charge in [-0.15, -0.1) is 0 Å². The van der Waals surface area contributed by atoms with Gasteiger partial charge in [0.15, 0.2) is 0 Å². The molecule has 2 saturated heterocycles. The molecule has 0 bridgehead atoms. The van der Waals surface area contributed by atoms with Crippen molar-refractivity contribution in [3.63, 3.8) is 0 Å². The van der Waals surface area contributed by atoms with Crippen LogP contribution in [0.15, 0.2) is 24.3 Å². The molecule has 2 aliphatic heterocycles. The van der Waals surface area contributed by atoms with Crippen LogP contribution in [0, 0.1) is 5.41 Å². The molecule has 2 aliphatic rings. The van der Waals surface area contributed by atoms with Gasteiger partial charge in [-0.3, -0.25) is 14.5 Å². The summed E-state index contributed by atoms with van der Waals surface area (Å²) in [6.07, 6.45) is 2.43. The van der Waals surface area contributed by atoms with Gasteiger partial charge in [0.25, 0.3) is 0 Å². The Morgan fingerprint density at radius 2 is 1.96 bits per heavy atom. The Morgan fingerprint density at radius 3 is 2.54 bits per heavy atom. The van der Waals surface area contributed by atoms with E-state index in [9.17, 15) is 9.59 Å². The number of carbonyl (C=O) groups excluding carboxylic acids is 2. The van der Waals surface area contributed by atoms with Crippen molar-refractivity contribution in [2.24, 2.45) is 11.1 Å². The third kappa shape index (κ3) is 3.91. The Kier molecular flexibility index (Phi) is 5.34. The predicted octanol–water partition coefficient (Wildman–Crippen LogP) is 2.20. The maximum atomic E-state index is 12.6. The van der Waals surface area contributed by atoms with Crippen molar-refractivity contribution in [1.82, 2.24) is 4.90 Å². The van der Waals surface area contributed by atoms with Crippen molar-refractivity contribution in [1.29, 1.82) is 0 Å². The zero-order valence-electron chi connectivity index (χ0n) is 16.0. The normalized spacial score (nSPS) is 24.5. The maximum absolute atomic E-state index is 12.6. The predicted molar refractivity (Wildman–Crippen MR) is 104 cm³/mol. The summed E-state index contributed by atoms with van der Waals surface area (Å²) in [5.41, 5.74) is 7.85. The quantitative estimate of drug-likeness (QED) is 0.865. The monoisotopic (exact) mass is 358 g/mol. The Hall–Kier alpha value is -1.92. The Bertz CT molecular complexity index is 671. The van der Waals surface area contributed by atoms with Gasteiger partial charge in [0.05, 0.1) is 6.04 Å².